The molecule has 0 aliphatic rings. The van der Waals surface area contributed by atoms with E-state index in [0.717, 1.165) is 5.56 Å². The molecule has 1 atom stereocenters. The van der Waals surface area contributed by atoms with Crippen molar-refractivity contribution in [3.63, 3.8) is 0 Å². The summed E-state index contributed by atoms with van der Waals surface area (Å²) in [6.07, 6.45) is 0. The largest absolute Gasteiger partial charge is 0.326 e. The normalized spacial score (nSPS) is 11.9. The first kappa shape index (κ1) is 18.0. The molecule has 5 heteroatoms. The molecule has 0 spiro atoms. The smallest absolute Gasteiger partial charge is 0.232 e. The molecule has 0 aliphatic carbocycles. The monoisotopic (exact) mass is 344 g/mol. The second-order valence-corrected chi connectivity index (χ2v) is 6.46. The highest BCUT2D eigenvalue weighted by atomic mass is 35.5. The lowest BCUT2D eigenvalue weighted by molar-refractivity contribution is -0.118. The number of carbonyl (C=O) groups is 2. The van der Waals surface area contributed by atoms with Crippen molar-refractivity contribution in [1.82, 2.24) is 0 Å². The fourth-order valence-corrected chi connectivity index (χ4v) is 2.70. The van der Waals surface area contributed by atoms with Crippen LogP contribution in [-0.4, -0.2) is 11.8 Å². The second kappa shape index (κ2) is 7.97. The Morgan fingerprint density at radius 1 is 0.875 bits per heavy atom. The molecule has 0 bridgehead atoms. The third-order valence-electron chi connectivity index (χ3n) is 3.65. The molecule has 2 rings (SSSR count). The van der Waals surface area contributed by atoms with Gasteiger partial charge in [-0.3, -0.25) is 9.59 Å². The number of hydrogen-bond donors (Lipinski definition) is 2. The summed E-state index contributed by atoms with van der Waals surface area (Å²) in [4.78, 5) is 23.7. The van der Waals surface area contributed by atoms with Gasteiger partial charge in [0.05, 0.1) is 5.92 Å². The van der Waals surface area contributed by atoms with E-state index >= 15 is 0 Å². The number of amides is 2. The second-order valence-electron chi connectivity index (χ2n) is 6.02. The first-order valence-corrected chi connectivity index (χ1v) is 8.18. The van der Waals surface area contributed by atoms with Crippen LogP contribution in [0.2, 0.25) is 5.02 Å². The van der Waals surface area contributed by atoms with Crippen molar-refractivity contribution in [2.24, 2.45) is 5.92 Å². The van der Waals surface area contributed by atoms with E-state index in [2.05, 4.69) is 10.6 Å². The summed E-state index contributed by atoms with van der Waals surface area (Å²) in [5.74, 6) is -0.323. The third-order valence-corrected chi connectivity index (χ3v) is 3.90. The van der Waals surface area contributed by atoms with Gasteiger partial charge in [-0.15, -0.1) is 0 Å². The Morgan fingerprint density at radius 2 is 1.38 bits per heavy atom. The third kappa shape index (κ3) is 4.83. The average Bonchev–Trinajstić information content (AvgIpc) is 2.50. The molecule has 2 amide bonds. The van der Waals surface area contributed by atoms with Gasteiger partial charge in [0.25, 0.3) is 0 Å². The highest BCUT2D eigenvalue weighted by Gasteiger charge is 2.24. The van der Waals surface area contributed by atoms with Crippen molar-refractivity contribution in [2.45, 2.75) is 26.7 Å². The maximum Gasteiger partial charge on any atom is 0.232 e. The van der Waals surface area contributed by atoms with Crippen molar-refractivity contribution in [1.29, 1.82) is 0 Å². The molecule has 0 heterocycles. The van der Waals surface area contributed by atoms with Crippen molar-refractivity contribution in [2.75, 3.05) is 10.6 Å². The summed E-state index contributed by atoms with van der Waals surface area (Å²) >= 11 is 5.93. The van der Waals surface area contributed by atoms with Crippen LogP contribution in [0, 0.1) is 5.92 Å². The van der Waals surface area contributed by atoms with Crippen LogP contribution < -0.4 is 10.6 Å². The van der Waals surface area contributed by atoms with Gasteiger partial charge in [-0.05, 0) is 47.9 Å². The molecule has 0 fully saturated rings. The summed E-state index contributed by atoms with van der Waals surface area (Å²) in [5, 5.41) is 6.27. The lowest BCUT2D eigenvalue weighted by Gasteiger charge is -2.21. The maximum atomic E-state index is 12.7. The number of nitrogens with one attached hydrogen (secondary N) is 2. The highest BCUT2D eigenvalue weighted by Crippen LogP contribution is 2.27. The van der Waals surface area contributed by atoms with Gasteiger partial charge in [0.2, 0.25) is 11.8 Å². The molecule has 0 unspecified atom stereocenters. The lowest BCUT2D eigenvalue weighted by Crippen LogP contribution is -2.25. The number of hydrogen-bond acceptors (Lipinski definition) is 2. The molecule has 2 aromatic carbocycles. The standard InChI is InChI=1S/C19H21ClN2O2/c1-12(2)18(14-4-6-15(20)7-5-14)19(24)22-17-10-8-16(9-11-17)21-13(3)23/h4-12,18H,1-3H3,(H,21,23)(H,22,24)/t18-/m0/s1. The Morgan fingerprint density at radius 3 is 1.83 bits per heavy atom. The summed E-state index contributed by atoms with van der Waals surface area (Å²) in [7, 11) is 0. The first-order chi connectivity index (χ1) is 11.4. The molecule has 2 N–H and O–H groups in total. The van der Waals surface area contributed by atoms with E-state index < -0.39 is 0 Å². The zero-order chi connectivity index (χ0) is 17.7. The molecule has 0 aromatic heterocycles. The molecule has 24 heavy (non-hydrogen) atoms. The fraction of sp³-hybridized carbons (Fsp3) is 0.263. The van der Waals surface area contributed by atoms with E-state index in [1.54, 1.807) is 36.4 Å². The first-order valence-electron chi connectivity index (χ1n) is 7.81. The zero-order valence-corrected chi connectivity index (χ0v) is 14.7. The van der Waals surface area contributed by atoms with E-state index in [1.807, 2.05) is 26.0 Å². The van der Waals surface area contributed by atoms with Gasteiger partial charge in [0.1, 0.15) is 0 Å². The van der Waals surface area contributed by atoms with Crippen LogP contribution in [-0.2, 0) is 9.59 Å². The van der Waals surface area contributed by atoms with Crippen LogP contribution in [0.1, 0.15) is 32.3 Å². The molecule has 0 saturated heterocycles. The molecular weight excluding hydrogens is 324 g/mol. The van der Waals surface area contributed by atoms with E-state index in [-0.39, 0.29) is 23.7 Å². The predicted octanol–water partition coefficient (Wildman–Crippen LogP) is 4.68. The van der Waals surface area contributed by atoms with Gasteiger partial charge in [-0.25, -0.2) is 0 Å². The van der Waals surface area contributed by atoms with E-state index in [9.17, 15) is 9.59 Å². The van der Waals surface area contributed by atoms with Gasteiger partial charge in [-0.1, -0.05) is 37.6 Å². The van der Waals surface area contributed by atoms with Crippen molar-refractivity contribution in [3.8, 4) is 0 Å². The SMILES string of the molecule is CC(=O)Nc1ccc(NC(=O)[C@H](c2ccc(Cl)cc2)C(C)C)cc1. The van der Waals surface area contributed by atoms with E-state index in [1.165, 1.54) is 6.92 Å². The van der Waals surface area contributed by atoms with Crippen LogP contribution in [0.25, 0.3) is 0 Å². The fourth-order valence-electron chi connectivity index (χ4n) is 2.57. The van der Waals surface area contributed by atoms with Gasteiger partial charge in [0, 0.05) is 23.3 Å². The maximum absolute atomic E-state index is 12.7. The van der Waals surface area contributed by atoms with Crippen LogP contribution in [0.5, 0.6) is 0 Å². The average molecular weight is 345 g/mol. The minimum absolute atomic E-state index is 0.0698. The van der Waals surface area contributed by atoms with Crippen LogP contribution in [0.3, 0.4) is 0 Å². The number of carbonyl (C=O) groups excluding carboxylic acids is 2. The Hall–Kier alpha value is -2.33. The number of benzene rings is 2. The topological polar surface area (TPSA) is 58.2 Å². The summed E-state index contributed by atoms with van der Waals surface area (Å²) in [6, 6.07) is 14.4. The van der Waals surface area contributed by atoms with Crippen molar-refractivity contribution in [3.05, 3.63) is 59.1 Å². The number of anilines is 2. The highest BCUT2D eigenvalue weighted by molar-refractivity contribution is 6.30. The lowest BCUT2D eigenvalue weighted by atomic mass is 9.87. The molecule has 0 saturated carbocycles. The Labute approximate surface area is 147 Å². The van der Waals surface area contributed by atoms with Crippen molar-refractivity contribution >= 4 is 34.8 Å². The Kier molecular flexibility index (Phi) is 5.99. The summed E-state index contributed by atoms with van der Waals surface area (Å²) < 4.78 is 0. The summed E-state index contributed by atoms with van der Waals surface area (Å²) in [5.41, 5.74) is 2.31. The predicted molar refractivity (Wildman–Crippen MR) is 98.4 cm³/mol. The van der Waals surface area contributed by atoms with Gasteiger partial charge >= 0.3 is 0 Å². The van der Waals surface area contributed by atoms with Gasteiger partial charge in [0.15, 0.2) is 0 Å². The molecule has 126 valence electrons. The molecular formula is C19H21ClN2O2. The Balaban J connectivity index is 2.13. The molecule has 2 aromatic rings. The molecule has 0 aliphatic heterocycles. The number of rotatable bonds is 5. The van der Waals surface area contributed by atoms with Crippen molar-refractivity contribution < 1.29 is 9.59 Å². The van der Waals surface area contributed by atoms with E-state index in [0.29, 0.717) is 16.4 Å². The van der Waals surface area contributed by atoms with Gasteiger partial charge in [-0.2, -0.15) is 0 Å². The van der Waals surface area contributed by atoms with Gasteiger partial charge < -0.3 is 10.6 Å². The van der Waals surface area contributed by atoms with Crippen LogP contribution in [0.4, 0.5) is 11.4 Å². The van der Waals surface area contributed by atoms with Crippen LogP contribution >= 0.6 is 11.6 Å². The molecule has 4 nitrogen and oxygen atoms in total. The number of halogens is 1. The minimum Gasteiger partial charge on any atom is -0.326 e. The molecule has 0 radical (unpaired) electrons. The summed E-state index contributed by atoms with van der Waals surface area (Å²) in [6.45, 7) is 5.48. The minimum atomic E-state index is -0.266. The Bertz CT molecular complexity index is 709. The van der Waals surface area contributed by atoms with E-state index in [4.69, 9.17) is 11.6 Å². The van der Waals surface area contributed by atoms with Crippen LogP contribution in [0.15, 0.2) is 48.5 Å². The quantitative estimate of drug-likeness (QED) is 0.827. The zero-order valence-electron chi connectivity index (χ0n) is 14.0.